The lowest BCUT2D eigenvalue weighted by atomic mass is 10.1. The second kappa shape index (κ2) is 9.94. The van der Waals surface area contributed by atoms with Crippen molar-refractivity contribution in [2.75, 3.05) is 25.6 Å². The highest BCUT2D eigenvalue weighted by Crippen LogP contribution is 2.16. The summed E-state index contributed by atoms with van der Waals surface area (Å²) >= 11 is 0. The number of nitrogens with zero attached hydrogens (tertiary/aromatic N) is 1. The Morgan fingerprint density at radius 1 is 1.07 bits per heavy atom. The number of rotatable bonds is 7. The Kier molecular flexibility index (Phi) is 7.07. The first-order valence-electron chi connectivity index (χ1n) is 9.21. The molecule has 6 heteroatoms. The molecule has 6 nitrogen and oxygen atoms in total. The van der Waals surface area contributed by atoms with E-state index < -0.39 is 0 Å². The molecule has 1 aliphatic rings. The summed E-state index contributed by atoms with van der Waals surface area (Å²) in [7, 11) is 1.64. The summed E-state index contributed by atoms with van der Waals surface area (Å²) < 4.78 is 16.4. The second-order valence-electron chi connectivity index (χ2n) is 6.49. The Morgan fingerprint density at radius 3 is 2.41 bits per heavy atom. The smallest absolute Gasteiger partial charge is 0.193 e. The summed E-state index contributed by atoms with van der Waals surface area (Å²) in [5.74, 6) is 1.18. The molecule has 0 aliphatic carbocycles. The Balaban J connectivity index is 1.45. The van der Waals surface area contributed by atoms with Gasteiger partial charge in [-0.2, -0.15) is 0 Å². The van der Waals surface area contributed by atoms with E-state index in [9.17, 15) is 0 Å². The number of benzene rings is 2. The van der Waals surface area contributed by atoms with Crippen molar-refractivity contribution in [3.63, 3.8) is 0 Å². The minimum atomic E-state index is 0.312. The molecule has 0 unspecified atom stereocenters. The Bertz CT molecular complexity index is 723. The summed E-state index contributed by atoms with van der Waals surface area (Å²) in [5.41, 5.74) is 9.10. The summed E-state index contributed by atoms with van der Waals surface area (Å²) in [6, 6.07) is 15.8. The van der Waals surface area contributed by atoms with Crippen molar-refractivity contribution in [2.45, 2.75) is 32.1 Å². The molecule has 2 aromatic carbocycles. The van der Waals surface area contributed by atoms with Crippen molar-refractivity contribution in [3.8, 4) is 5.75 Å². The topological polar surface area (TPSA) is 78.1 Å². The third-order valence-electron chi connectivity index (χ3n) is 4.47. The predicted molar refractivity (Wildman–Crippen MR) is 107 cm³/mol. The van der Waals surface area contributed by atoms with E-state index in [1.54, 1.807) is 7.11 Å². The molecule has 1 fully saturated rings. The molecule has 0 aromatic heterocycles. The number of ether oxygens (including phenoxy) is 3. The van der Waals surface area contributed by atoms with Crippen LogP contribution in [0.1, 0.15) is 24.0 Å². The van der Waals surface area contributed by atoms with Gasteiger partial charge in [0.05, 0.1) is 26.4 Å². The molecule has 144 valence electrons. The van der Waals surface area contributed by atoms with Crippen LogP contribution in [0.4, 0.5) is 5.69 Å². The molecule has 2 aromatic rings. The zero-order valence-corrected chi connectivity index (χ0v) is 15.7. The van der Waals surface area contributed by atoms with Crippen LogP contribution in [0, 0.1) is 0 Å². The SMILES string of the molecule is COc1ccc(NC(N)=NCc2ccc(COC3CCOCC3)cc2)cc1. The summed E-state index contributed by atoms with van der Waals surface area (Å²) in [6.45, 7) is 2.76. The van der Waals surface area contributed by atoms with Crippen molar-refractivity contribution in [2.24, 2.45) is 10.7 Å². The molecule has 1 saturated heterocycles. The largest absolute Gasteiger partial charge is 0.497 e. The molecule has 1 heterocycles. The van der Waals surface area contributed by atoms with Crippen molar-refractivity contribution in [1.82, 2.24) is 0 Å². The molecule has 0 atom stereocenters. The maximum absolute atomic E-state index is 5.96. The van der Waals surface area contributed by atoms with Crippen LogP contribution in [0.25, 0.3) is 0 Å². The molecule has 0 bridgehead atoms. The zero-order valence-electron chi connectivity index (χ0n) is 15.7. The van der Waals surface area contributed by atoms with Gasteiger partial charge in [0.15, 0.2) is 5.96 Å². The van der Waals surface area contributed by atoms with Gasteiger partial charge in [0.25, 0.3) is 0 Å². The van der Waals surface area contributed by atoms with Gasteiger partial charge in [-0.25, -0.2) is 4.99 Å². The number of guanidine groups is 1. The van der Waals surface area contributed by atoms with E-state index in [2.05, 4.69) is 34.6 Å². The summed E-state index contributed by atoms with van der Waals surface area (Å²) in [4.78, 5) is 4.39. The van der Waals surface area contributed by atoms with Gasteiger partial charge >= 0.3 is 0 Å². The summed E-state index contributed by atoms with van der Waals surface area (Å²) in [5, 5.41) is 3.07. The second-order valence-corrected chi connectivity index (χ2v) is 6.49. The van der Waals surface area contributed by atoms with E-state index in [1.165, 1.54) is 5.56 Å². The molecule has 0 saturated carbocycles. The molecule has 27 heavy (non-hydrogen) atoms. The highest BCUT2D eigenvalue weighted by Gasteiger charge is 2.13. The van der Waals surface area contributed by atoms with E-state index in [0.717, 1.165) is 43.1 Å². The van der Waals surface area contributed by atoms with Crippen molar-refractivity contribution >= 4 is 11.6 Å². The highest BCUT2D eigenvalue weighted by molar-refractivity contribution is 5.92. The predicted octanol–water partition coefficient (Wildman–Crippen LogP) is 3.32. The van der Waals surface area contributed by atoms with E-state index >= 15 is 0 Å². The maximum Gasteiger partial charge on any atom is 0.193 e. The molecule has 3 rings (SSSR count). The van der Waals surface area contributed by atoms with Gasteiger partial charge in [-0.15, -0.1) is 0 Å². The maximum atomic E-state index is 5.96. The van der Waals surface area contributed by atoms with Gasteiger partial charge in [0.2, 0.25) is 0 Å². The number of anilines is 1. The van der Waals surface area contributed by atoms with E-state index in [4.69, 9.17) is 19.9 Å². The minimum absolute atomic E-state index is 0.312. The van der Waals surface area contributed by atoms with Gasteiger partial charge in [-0.3, -0.25) is 0 Å². The Labute approximate surface area is 160 Å². The van der Waals surface area contributed by atoms with Crippen LogP contribution < -0.4 is 15.8 Å². The van der Waals surface area contributed by atoms with E-state index in [-0.39, 0.29) is 0 Å². The van der Waals surface area contributed by atoms with Crippen LogP contribution in [0.5, 0.6) is 5.75 Å². The van der Waals surface area contributed by atoms with Gasteiger partial charge in [-0.05, 0) is 48.2 Å². The van der Waals surface area contributed by atoms with Crippen molar-refractivity contribution < 1.29 is 14.2 Å². The van der Waals surface area contributed by atoms with Crippen LogP contribution in [0.15, 0.2) is 53.5 Å². The third-order valence-corrected chi connectivity index (χ3v) is 4.47. The van der Waals surface area contributed by atoms with Crippen molar-refractivity contribution in [1.29, 1.82) is 0 Å². The fourth-order valence-electron chi connectivity index (χ4n) is 2.84. The number of aliphatic imine (C=N–C) groups is 1. The van der Waals surface area contributed by atoms with Crippen LogP contribution >= 0.6 is 0 Å². The number of hydrogen-bond acceptors (Lipinski definition) is 4. The lowest BCUT2D eigenvalue weighted by Gasteiger charge is -2.22. The standard InChI is InChI=1S/C21H27N3O3/c1-25-19-8-6-18(7-9-19)24-21(22)23-14-16-2-4-17(5-3-16)15-27-20-10-12-26-13-11-20/h2-9,20H,10-15H2,1H3,(H3,22,23,24). The molecule has 0 amide bonds. The van der Waals surface area contributed by atoms with Crippen LogP contribution in [0.2, 0.25) is 0 Å². The fourth-order valence-corrected chi connectivity index (χ4v) is 2.84. The average molecular weight is 369 g/mol. The third kappa shape index (κ3) is 6.27. The molecular weight excluding hydrogens is 342 g/mol. The number of nitrogens with two attached hydrogens (primary N) is 1. The average Bonchev–Trinajstić information content (AvgIpc) is 2.73. The number of hydrogen-bond donors (Lipinski definition) is 2. The first-order chi connectivity index (χ1) is 13.2. The first-order valence-corrected chi connectivity index (χ1v) is 9.21. The number of methoxy groups -OCH3 is 1. The quantitative estimate of drug-likeness (QED) is 0.578. The van der Waals surface area contributed by atoms with Gasteiger partial charge in [0.1, 0.15) is 5.75 Å². The first kappa shape index (κ1) is 19.2. The Hall–Kier alpha value is -2.57. The summed E-state index contributed by atoms with van der Waals surface area (Å²) in [6.07, 6.45) is 2.27. The fraction of sp³-hybridized carbons (Fsp3) is 0.381. The van der Waals surface area contributed by atoms with E-state index in [1.807, 2.05) is 24.3 Å². The van der Waals surface area contributed by atoms with Gasteiger partial charge in [0, 0.05) is 18.9 Å². The Morgan fingerprint density at radius 2 is 1.74 bits per heavy atom. The molecular formula is C21H27N3O3. The van der Waals surface area contributed by atoms with Crippen LogP contribution in [0.3, 0.4) is 0 Å². The lowest BCUT2D eigenvalue weighted by Crippen LogP contribution is -2.23. The molecule has 1 aliphatic heterocycles. The number of nitrogens with one attached hydrogen (secondary N) is 1. The van der Waals surface area contributed by atoms with Crippen LogP contribution in [-0.2, 0) is 22.6 Å². The zero-order chi connectivity index (χ0) is 18.9. The normalized spacial score (nSPS) is 15.5. The highest BCUT2D eigenvalue weighted by atomic mass is 16.5. The molecule has 3 N–H and O–H groups in total. The van der Waals surface area contributed by atoms with Crippen LogP contribution in [-0.4, -0.2) is 32.4 Å². The van der Waals surface area contributed by atoms with Crippen molar-refractivity contribution in [3.05, 3.63) is 59.7 Å². The van der Waals surface area contributed by atoms with Gasteiger partial charge < -0.3 is 25.3 Å². The van der Waals surface area contributed by atoms with Gasteiger partial charge in [-0.1, -0.05) is 24.3 Å². The van der Waals surface area contributed by atoms with E-state index in [0.29, 0.717) is 25.2 Å². The molecule has 0 spiro atoms. The lowest BCUT2D eigenvalue weighted by molar-refractivity contribution is -0.0390. The monoisotopic (exact) mass is 369 g/mol. The minimum Gasteiger partial charge on any atom is -0.497 e. The molecule has 0 radical (unpaired) electrons.